The van der Waals surface area contributed by atoms with E-state index in [2.05, 4.69) is 15.9 Å². The van der Waals surface area contributed by atoms with Gasteiger partial charge in [0.1, 0.15) is 5.82 Å². The second kappa shape index (κ2) is 5.77. The van der Waals surface area contributed by atoms with Crippen LogP contribution < -0.4 is 4.90 Å². The van der Waals surface area contributed by atoms with Crippen molar-refractivity contribution in [1.29, 1.82) is 0 Å². The van der Waals surface area contributed by atoms with Crippen LogP contribution in [0, 0.1) is 11.7 Å². The molecule has 0 aromatic heterocycles. The summed E-state index contributed by atoms with van der Waals surface area (Å²) in [5.41, 5.74) is 1.14. The Kier molecular flexibility index (Phi) is 4.11. The average Bonchev–Trinajstić information content (AvgIpc) is 2.76. The van der Waals surface area contributed by atoms with Gasteiger partial charge in [-0.15, -0.1) is 0 Å². The summed E-state index contributed by atoms with van der Waals surface area (Å²) >= 11 is 3.26. The van der Waals surface area contributed by atoms with E-state index >= 15 is 0 Å². The number of nitrogens with zero attached hydrogens (tertiary/aromatic N) is 1. The lowest BCUT2D eigenvalue weighted by Gasteiger charge is -2.30. The van der Waals surface area contributed by atoms with E-state index in [1.54, 1.807) is 6.08 Å². The fraction of sp³-hybridized carbons (Fsp3) is 0.400. The van der Waals surface area contributed by atoms with Crippen molar-refractivity contribution < 1.29 is 17.6 Å². The van der Waals surface area contributed by atoms with Gasteiger partial charge in [0.15, 0.2) is 9.84 Å². The normalized spacial score (nSPS) is 22.6. The molecule has 0 saturated heterocycles. The number of aryl methyl sites for hydroxylation is 1. The number of carbonyl (C=O) groups excluding carboxylic acids is 1. The minimum atomic E-state index is -3.18. The number of rotatable bonds is 2. The Balaban J connectivity index is 1.82. The van der Waals surface area contributed by atoms with Gasteiger partial charge in [0.05, 0.1) is 11.4 Å². The number of hydrogen-bond acceptors (Lipinski definition) is 3. The third-order valence-electron chi connectivity index (χ3n) is 3.95. The molecule has 0 N–H and O–H groups in total. The van der Waals surface area contributed by atoms with E-state index in [0.717, 1.165) is 23.8 Å². The van der Waals surface area contributed by atoms with Crippen molar-refractivity contribution in [1.82, 2.24) is 0 Å². The summed E-state index contributed by atoms with van der Waals surface area (Å²) in [7, 11) is -3.18. The van der Waals surface area contributed by atoms with E-state index in [1.807, 2.05) is 6.07 Å². The molecule has 3 rings (SSSR count). The number of sulfone groups is 1. The molecule has 2 heterocycles. The molecular formula is C15H15BrFNO3S. The monoisotopic (exact) mass is 387 g/mol. The average molecular weight is 388 g/mol. The molecule has 22 heavy (non-hydrogen) atoms. The second-order valence-electron chi connectivity index (χ2n) is 5.67. The van der Waals surface area contributed by atoms with Crippen LogP contribution in [0.5, 0.6) is 0 Å². The summed E-state index contributed by atoms with van der Waals surface area (Å²) in [5.74, 6) is -1.01. The van der Waals surface area contributed by atoms with Crippen molar-refractivity contribution in [2.45, 2.75) is 19.3 Å². The maximum Gasteiger partial charge on any atom is 0.227 e. The number of carbonyl (C=O) groups is 1. The molecular weight excluding hydrogens is 373 g/mol. The number of amides is 1. The summed E-state index contributed by atoms with van der Waals surface area (Å²) in [5, 5.41) is 1.16. The molecule has 0 saturated carbocycles. The van der Waals surface area contributed by atoms with Crippen molar-refractivity contribution in [2.75, 3.05) is 17.2 Å². The number of anilines is 1. The molecule has 0 fully saturated rings. The molecule has 0 aliphatic carbocycles. The van der Waals surface area contributed by atoms with Gasteiger partial charge < -0.3 is 4.90 Å². The van der Waals surface area contributed by atoms with Crippen LogP contribution >= 0.6 is 15.9 Å². The van der Waals surface area contributed by atoms with Crippen molar-refractivity contribution in [3.8, 4) is 0 Å². The molecule has 1 aromatic rings. The topological polar surface area (TPSA) is 54.5 Å². The Morgan fingerprint density at radius 3 is 2.86 bits per heavy atom. The molecule has 2 aliphatic rings. The van der Waals surface area contributed by atoms with E-state index in [4.69, 9.17) is 0 Å². The number of hydrogen-bond donors (Lipinski definition) is 0. The Hall–Kier alpha value is -1.21. The lowest BCUT2D eigenvalue weighted by atomic mass is 9.99. The Morgan fingerprint density at radius 2 is 2.18 bits per heavy atom. The highest BCUT2D eigenvalue weighted by atomic mass is 79.9. The Morgan fingerprint density at radius 1 is 1.41 bits per heavy atom. The van der Waals surface area contributed by atoms with Gasteiger partial charge in [-0.2, -0.15) is 0 Å². The van der Waals surface area contributed by atoms with Crippen LogP contribution in [0.2, 0.25) is 0 Å². The van der Waals surface area contributed by atoms with Crippen molar-refractivity contribution in [3.63, 3.8) is 0 Å². The van der Waals surface area contributed by atoms with Gasteiger partial charge in [0.2, 0.25) is 5.91 Å². The minimum absolute atomic E-state index is 0.0394. The van der Waals surface area contributed by atoms with E-state index in [9.17, 15) is 17.6 Å². The second-order valence-corrected chi connectivity index (χ2v) is 8.51. The molecule has 4 nitrogen and oxygen atoms in total. The maximum absolute atomic E-state index is 14.2. The summed E-state index contributed by atoms with van der Waals surface area (Å²) in [6.45, 7) is 0.466. The summed E-state index contributed by atoms with van der Waals surface area (Å²) in [6, 6.07) is 3.18. The number of benzene rings is 1. The molecule has 0 spiro atoms. The van der Waals surface area contributed by atoms with E-state index < -0.39 is 15.7 Å². The first-order valence-corrected chi connectivity index (χ1v) is 9.56. The highest BCUT2D eigenvalue weighted by Gasteiger charge is 2.30. The third kappa shape index (κ3) is 3.10. The van der Waals surface area contributed by atoms with Gasteiger partial charge in [0, 0.05) is 28.8 Å². The SMILES string of the molecule is O=C(CC1C=CS(=O)(=O)C1)N1CCCc2cc(Br)cc(F)c21. The number of halogens is 2. The molecule has 0 bridgehead atoms. The molecule has 1 amide bonds. The van der Waals surface area contributed by atoms with E-state index in [-0.39, 0.29) is 24.0 Å². The molecule has 1 aromatic carbocycles. The molecule has 118 valence electrons. The van der Waals surface area contributed by atoms with Crippen LogP contribution in [-0.2, 0) is 21.1 Å². The van der Waals surface area contributed by atoms with Crippen molar-refractivity contribution in [2.24, 2.45) is 5.92 Å². The van der Waals surface area contributed by atoms with E-state index in [0.29, 0.717) is 16.7 Å². The first kappa shape index (κ1) is 15.7. The summed E-state index contributed by atoms with van der Waals surface area (Å²) < 4.78 is 37.7. The number of allylic oxidation sites excluding steroid dienone is 1. The van der Waals surface area contributed by atoms with Gasteiger partial charge >= 0.3 is 0 Å². The van der Waals surface area contributed by atoms with Crippen molar-refractivity contribution >= 4 is 37.4 Å². The van der Waals surface area contributed by atoms with Crippen LogP contribution in [0.3, 0.4) is 0 Å². The zero-order valence-corrected chi connectivity index (χ0v) is 14.2. The van der Waals surface area contributed by atoms with E-state index in [1.165, 1.54) is 11.0 Å². The molecule has 1 unspecified atom stereocenters. The summed E-state index contributed by atoms with van der Waals surface area (Å²) in [4.78, 5) is 13.9. The zero-order valence-electron chi connectivity index (χ0n) is 11.8. The number of fused-ring (bicyclic) bond motifs is 1. The smallest absolute Gasteiger partial charge is 0.227 e. The summed E-state index contributed by atoms with van der Waals surface area (Å²) in [6.07, 6.45) is 3.14. The maximum atomic E-state index is 14.2. The van der Waals surface area contributed by atoms with Crippen LogP contribution in [0.1, 0.15) is 18.4 Å². The lowest BCUT2D eigenvalue weighted by Crippen LogP contribution is -2.37. The van der Waals surface area contributed by atoms with Gasteiger partial charge in [-0.3, -0.25) is 4.79 Å². The fourth-order valence-electron chi connectivity index (χ4n) is 3.00. The lowest BCUT2D eigenvalue weighted by molar-refractivity contribution is -0.119. The largest absolute Gasteiger partial charge is 0.309 e. The third-order valence-corrected chi connectivity index (χ3v) is 5.87. The van der Waals surface area contributed by atoms with Crippen LogP contribution in [-0.4, -0.2) is 26.6 Å². The predicted molar refractivity (Wildman–Crippen MR) is 85.8 cm³/mol. The quantitative estimate of drug-likeness (QED) is 0.783. The standard InChI is InChI=1S/C15H15BrFNO3S/c16-12-7-11-2-1-4-18(15(11)13(17)8-12)14(19)6-10-3-5-22(20,21)9-10/h3,5,7-8,10H,1-2,4,6,9H2. The van der Waals surface area contributed by atoms with Gasteiger partial charge in [-0.1, -0.05) is 22.0 Å². The first-order chi connectivity index (χ1) is 10.4. The van der Waals surface area contributed by atoms with Crippen LogP contribution in [0.4, 0.5) is 10.1 Å². The first-order valence-electron chi connectivity index (χ1n) is 7.05. The highest BCUT2D eigenvalue weighted by molar-refractivity contribution is 9.10. The molecule has 7 heteroatoms. The fourth-order valence-corrected chi connectivity index (χ4v) is 4.88. The Labute approximate surface area is 137 Å². The van der Waals surface area contributed by atoms with Gasteiger partial charge in [-0.25, -0.2) is 12.8 Å². The Bertz CT molecular complexity index is 760. The van der Waals surface area contributed by atoms with Crippen molar-refractivity contribution in [3.05, 3.63) is 39.5 Å². The zero-order chi connectivity index (χ0) is 15.9. The minimum Gasteiger partial charge on any atom is -0.309 e. The molecule has 1 atom stereocenters. The van der Waals surface area contributed by atoms with Gasteiger partial charge in [-0.05, 0) is 30.5 Å². The molecule has 2 aliphatic heterocycles. The molecule has 0 radical (unpaired) electrons. The predicted octanol–water partition coefficient (Wildman–Crippen LogP) is 2.82. The van der Waals surface area contributed by atoms with Crippen LogP contribution in [0.25, 0.3) is 0 Å². The van der Waals surface area contributed by atoms with Gasteiger partial charge in [0.25, 0.3) is 0 Å². The highest BCUT2D eigenvalue weighted by Crippen LogP contribution is 2.34. The van der Waals surface area contributed by atoms with Crippen LogP contribution in [0.15, 0.2) is 28.1 Å².